The van der Waals surface area contributed by atoms with Crippen molar-refractivity contribution in [2.24, 2.45) is 0 Å². The molecule has 19 heavy (non-hydrogen) atoms. The number of hydrogen-bond donors (Lipinski definition) is 1. The normalized spacial score (nSPS) is 18.8. The minimum absolute atomic E-state index is 0.147. The van der Waals surface area contributed by atoms with Gasteiger partial charge in [0.05, 0.1) is 19.8 Å². The Morgan fingerprint density at radius 2 is 2.21 bits per heavy atom. The second-order valence-corrected chi connectivity index (χ2v) is 5.09. The summed E-state index contributed by atoms with van der Waals surface area (Å²) < 4.78 is 16.4. The fraction of sp³-hybridized carbons (Fsp3) is 0.600. The Bertz CT molecular complexity index is 400. The van der Waals surface area contributed by atoms with Crippen LogP contribution in [0.1, 0.15) is 25.8 Å². The molecule has 1 aromatic rings. The Hall–Kier alpha value is -1.26. The Kier molecular flexibility index (Phi) is 5.05. The van der Waals surface area contributed by atoms with E-state index < -0.39 is 0 Å². The van der Waals surface area contributed by atoms with E-state index in [9.17, 15) is 0 Å². The van der Waals surface area contributed by atoms with Crippen LogP contribution in [0.15, 0.2) is 18.2 Å². The molecule has 1 aliphatic heterocycles. The van der Waals surface area contributed by atoms with Crippen LogP contribution in [0, 0.1) is 0 Å². The third-order valence-corrected chi connectivity index (χ3v) is 3.12. The molecule has 1 heterocycles. The molecule has 2 rings (SSSR count). The molecule has 1 saturated heterocycles. The largest absolute Gasteiger partial charge is 0.493 e. The number of benzene rings is 1. The third kappa shape index (κ3) is 4.11. The van der Waals surface area contributed by atoms with Crippen molar-refractivity contribution in [3.8, 4) is 11.5 Å². The zero-order valence-electron chi connectivity index (χ0n) is 11.9. The van der Waals surface area contributed by atoms with Crippen molar-refractivity contribution in [2.75, 3.05) is 20.3 Å². The Balaban J connectivity index is 1.97. The summed E-state index contributed by atoms with van der Waals surface area (Å²) in [6, 6.07) is 6.54. The van der Waals surface area contributed by atoms with E-state index in [2.05, 4.69) is 11.4 Å². The summed E-state index contributed by atoms with van der Waals surface area (Å²) in [6.45, 7) is 6.52. The monoisotopic (exact) mass is 265 g/mol. The zero-order valence-corrected chi connectivity index (χ0v) is 11.9. The highest BCUT2D eigenvalue weighted by Gasteiger charge is 2.15. The fourth-order valence-corrected chi connectivity index (χ4v) is 2.13. The van der Waals surface area contributed by atoms with Crippen molar-refractivity contribution in [3.05, 3.63) is 23.8 Å². The van der Waals surface area contributed by atoms with E-state index in [0.717, 1.165) is 37.7 Å². The third-order valence-electron chi connectivity index (χ3n) is 3.12. The van der Waals surface area contributed by atoms with Gasteiger partial charge in [-0.3, -0.25) is 0 Å². The molecule has 1 fully saturated rings. The topological polar surface area (TPSA) is 39.7 Å². The first-order valence-electron chi connectivity index (χ1n) is 6.83. The lowest BCUT2D eigenvalue weighted by Crippen LogP contribution is -2.28. The predicted octanol–water partition coefficient (Wildman–Crippen LogP) is 2.36. The van der Waals surface area contributed by atoms with Crippen LogP contribution in [0.5, 0.6) is 11.5 Å². The van der Waals surface area contributed by atoms with Crippen LogP contribution in [-0.4, -0.2) is 32.5 Å². The number of hydrogen-bond acceptors (Lipinski definition) is 4. The molecule has 0 spiro atoms. The number of ether oxygens (including phenoxy) is 3. The SMILES string of the molecule is COc1cc(CNC2CCOC2)ccc1OC(C)C. The molecule has 1 unspecified atom stereocenters. The molecule has 0 bridgehead atoms. The van der Waals surface area contributed by atoms with Crippen LogP contribution in [0.25, 0.3) is 0 Å². The minimum Gasteiger partial charge on any atom is -0.493 e. The van der Waals surface area contributed by atoms with Crippen LogP contribution in [0.2, 0.25) is 0 Å². The molecule has 1 atom stereocenters. The minimum atomic E-state index is 0.147. The summed E-state index contributed by atoms with van der Waals surface area (Å²) in [5.74, 6) is 1.58. The van der Waals surface area contributed by atoms with Crippen LogP contribution in [0.3, 0.4) is 0 Å². The van der Waals surface area contributed by atoms with Gasteiger partial charge in [0.1, 0.15) is 0 Å². The first-order chi connectivity index (χ1) is 9.19. The van der Waals surface area contributed by atoms with Crippen molar-refractivity contribution in [1.82, 2.24) is 5.32 Å². The number of rotatable bonds is 6. The maximum Gasteiger partial charge on any atom is 0.161 e. The average Bonchev–Trinajstić information content (AvgIpc) is 2.90. The van der Waals surface area contributed by atoms with Crippen molar-refractivity contribution >= 4 is 0 Å². The molecular formula is C15H23NO3. The van der Waals surface area contributed by atoms with Crippen LogP contribution in [0.4, 0.5) is 0 Å². The zero-order chi connectivity index (χ0) is 13.7. The summed E-state index contributed by atoms with van der Waals surface area (Å²) >= 11 is 0. The van der Waals surface area contributed by atoms with Gasteiger partial charge < -0.3 is 19.5 Å². The van der Waals surface area contributed by atoms with E-state index in [0.29, 0.717) is 6.04 Å². The van der Waals surface area contributed by atoms with Gasteiger partial charge in [-0.2, -0.15) is 0 Å². The Morgan fingerprint density at radius 3 is 2.84 bits per heavy atom. The first-order valence-corrected chi connectivity index (χ1v) is 6.83. The highest BCUT2D eigenvalue weighted by molar-refractivity contribution is 5.43. The summed E-state index contributed by atoms with van der Waals surface area (Å²) in [5.41, 5.74) is 1.19. The number of methoxy groups -OCH3 is 1. The fourth-order valence-electron chi connectivity index (χ4n) is 2.13. The van der Waals surface area contributed by atoms with Gasteiger partial charge in [-0.25, -0.2) is 0 Å². The standard InChI is InChI=1S/C15H23NO3/c1-11(2)19-14-5-4-12(8-15(14)17-3)9-16-13-6-7-18-10-13/h4-5,8,11,13,16H,6-7,9-10H2,1-3H3. The molecule has 0 aliphatic carbocycles. The van der Waals surface area contributed by atoms with Crippen molar-refractivity contribution in [3.63, 3.8) is 0 Å². The summed E-state index contributed by atoms with van der Waals surface area (Å²) in [6.07, 6.45) is 1.24. The number of nitrogens with one attached hydrogen (secondary N) is 1. The van der Waals surface area contributed by atoms with Gasteiger partial charge in [0.15, 0.2) is 11.5 Å². The van der Waals surface area contributed by atoms with Crippen molar-refractivity contribution in [2.45, 2.75) is 39.0 Å². The average molecular weight is 265 g/mol. The van der Waals surface area contributed by atoms with E-state index in [-0.39, 0.29) is 6.10 Å². The van der Waals surface area contributed by atoms with Gasteiger partial charge >= 0.3 is 0 Å². The molecule has 0 aromatic heterocycles. The van der Waals surface area contributed by atoms with Crippen LogP contribution < -0.4 is 14.8 Å². The Labute approximate surface area is 115 Å². The van der Waals surface area contributed by atoms with Gasteiger partial charge in [-0.15, -0.1) is 0 Å². The molecular weight excluding hydrogens is 242 g/mol. The maximum atomic E-state index is 5.70. The lowest BCUT2D eigenvalue weighted by Gasteiger charge is -2.15. The van der Waals surface area contributed by atoms with Gasteiger partial charge in [0.2, 0.25) is 0 Å². The molecule has 4 nitrogen and oxygen atoms in total. The highest BCUT2D eigenvalue weighted by atomic mass is 16.5. The van der Waals surface area contributed by atoms with Crippen molar-refractivity contribution in [1.29, 1.82) is 0 Å². The molecule has 1 N–H and O–H groups in total. The Morgan fingerprint density at radius 1 is 1.37 bits per heavy atom. The molecule has 0 amide bonds. The van der Waals surface area contributed by atoms with Gasteiger partial charge in [0.25, 0.3) is 0 Å². The maximum absolute atomic E-state index is 5.70. The van der Waals surface area contributed by atoms with Crippen LogP contribution in [-0.2, 0) is 11.3 Å². The summed E-state index contributed by atoms with van der Waals surface area (Å²) in [5, 5.41) is 3.49. The summed E-state index contributed by atoms with van der Waals surface area (Å²) in [4.78, 5) is 0. The molecule has 1 aromatic carbocycles. The van der Waals surface area contributed by atoms with Gasteiger partial charge in [-0.05, 0) is 38.0 Å². The molecule has 106 valence electrons. The van der Waals surface area contributed by atoms with Gasteiger partial charge in [-0.1, -0.05) is 6.07 Å². The van der Waals surface area contributed by atoms with E-state index in [1.165, 1.54) is 5.56 Å². The summed E-state index contributed by atoms with van der Waals surface area (Å²) in [7, 11) is 1.67. The smallest absolute Gasteiger partial charge is 0.161 e. The lowest BCUT2D eigenvalue weighted by atomic mass is 10.1. The molecule has 0 radical (unpaired) electrons. The quantitative estimate of drug-likeness (QED) is 0.857. The highest BCUT2D eigenvalue weighted by Crippen LogP contribution is 2.29. The first kappa shape index (κ1) is 14.2. The second-order valence-electron chi connectivity index (χ2n) is 5.09. The van der Waals surface area contributed by atoms with E-state index >= 15 is 0 Å². The molecule has 1 aliphatic rings. The van der Waals surface area contributed by atoms with Crippen LogP contribution >= 0.6 is 0 Å². The molecule has 4 heteroatoms. The van der Waals surface area contributed by atoms with Crippen molar-refractivity contribution < 1.29 is 14.2 Å². The molecule has 0 saturated carbocycles. The lowest BCUT2D eigenvalue weighted by molar-refractivity contribution is 0.190. The van der Waals surface area contributed by atoms with E-state index in [1.807, 2.05) is 26.0 Å². The second kappa shape index (κ2) is 6.78. The van der Waals surface area contributed by atoms with E-state index in [4.69, 9.17) is 14.2 Å². The predicted molar refractivity (Wildman–Crippen MR) is 74.8 cm³/mol. The van der Waals surface area contributed by atoms with Gasteiger partial charge in [0, 0.05) is 19.2 Å². The van der Waals surface area contributed by atoms with E-state index in [1.54, 1.807) is 7.11 Å².